The van der Waals surface area contributed by atoms with Gasteiger partial charge in [0.05, 0.1) is 26.5 Å². The van der Waals surface area contributed by atoms with Gasteiger partial charge in [-0.1, -0.05) is 38.3 Å². The number of methoxy groups -OCH3 is 2. The van der Waals surface area contributed by atoms with E-state index in [2.05, 4.69) is 12.2 Å². The molecular formula is C24H31NO4. The molecule has 2 aromatic rings. The van der Waals surface area contributed by atoms with Crippen LogP contribution in [0.3, 0.4) is 0 Å². The number of aryl methyl sites for hydroxylation is 1. The number of hydrogen-bond acceptors (Lipinski definition) is 4. The zero-order valence-corrected chi connectivity index (χ0v) is 17.8. The van der Waals surface area contributed by atoms with Crippen molar-refractivity contribution in [2.45, 2.75) is 39.5 Å². The zero-order valence-electron chi connectivity index (χ0n) is 17.8. The highest BCUT2D eigenvalue weighted by molar-refractivity contribution is 6.02. The first kappa shape index (κ1) is 22.3. The maximum atomic E-state index is 12.3. The van der Waals surface area contributed by atoms with Crippen LogP contribution in [0.5, 0.6) is 17.2 Å². The maximum Gasteiger partial charge on any atom is 0.248 e. The lowest BCUT2D eigenvalue weighted by molar-refractivity contribution is -0.111. The lowest BCUT2D eigenvalue weighted by Gasteiger charge is -2.11. The lowest BCUT2D eigenvalue weighted by atomic mass is 10.1. The van der Waals surface area contributed by atoms with Crippen molar-refractivity contribution in [2.24, 2.45) is 0 Å². The molecule has 0 fully saturated rings. The molecule has 0 atom stereocenters. The van der Waals surface area contributed by atoms with E-state index in [1.165, 1.54) is 25.3 Å². The summed E-state index contributed by atoms with van der Waals surface area (Å²) in [5, 5.41) is 2.85. The molecule has 2 rings (SSSR count). The normalized spacial score (nSPS) is 10.8. The molecular weight excluding hydrogens is 366 g/mol. The van der Waals surface area contributed by atoms with Crippen molar-refractivity contribution in [3.8, 4) is 17.2 Å². The Balaban J connectivity index is 1.99. The number of amides is 1. The third-order valence-corrected chi connectivity index (χ3v) is 4.48. The number of anilines is 1. The maximum absolute atomic E-state index is 12.3. The van der Waals surface area contributed by atoms with Crippen LogP contribution in [0.1, 0.15) is 43.7 Å². The van der Waals surface area contributed by atoms with Crippen LogP contribution >= 0.6 is 0 Å². The number of carbonyl (C=O) groups excluding carboxylic acids is 1. The molecule has 0 unspecified atom stereocenters. The van der Waals surface area contributed by atoms with E-state index in [1.54, 1.807) is 20.3 Å². The Labute approximate surface area is 173 Å². The van der Waals surface area contributed by atoms with E-state index < -0.39 is 0 Å². The van der Waals surface area contributed by atoms with Crippen LogP contribution in [0.4, 0.5) is 5.69 Å². The van der Waals surface area contributed by atoms with Crippen LogP contribution < -0.4 is 19.5 Å². The summed E-state index contributed by atoms with van der Waals surface area (Å²) in [6.07, 6.45) is 7.85. The fraction of sp³-hybridized carbons (Fsp3) is 0.375. The van der Waals surface area contributed by atoms with Gasteiger partial charge in [0.2, 0.25) is 5.91 Å². The summed E-state index contributed by atoms with van der Waals surface area (Å²) in [6.45, 7) is 4.82. The van der Waals surface area contributed by atoms with Gasteiger partial charge in [0.1, 0.15) is 5.75 Å². The first-order valence-corrected chi connectivity index (χ1v) is 10.0. The molecule has 156 valence electrons. The topological polar surface area (TPSA) is 56.8 Å². The van der Waals surface area contributed by atoms with E-state index in [9.17, 15) is 4.79 Å². The van der Waals surface area contributed by atoms with Gasteiger partial charge >= 0.3 is 0 Å². The second kappa shape index (κ2) is 11.8. The average molecular weight is 398 g/mol. The summed E-state index contributed by atoms with van der Waals surface area (Å²) in [5.74, 6) is 1.77. The highest BCUT2D eigenvalue weighted by Gasteiger charge is 2.07. The Morgan fingerprint density at radius 2 is 1.72 bits per heavy atom. The number of rotatable bonds is 11. The molecule has 0 aliphatic rings. The first-order valence-electron chi connectivity index (χ1n) is 10.0. The van der Waals surface area contributed by atoms with Crippen LogP contribution in [-0.4, -0.2) is 26.7 Å². The van der Waals surface area contributed by atoms with Gasteiger partial charge in [-0.05, 0) is 54.8 Å². The van der Waals surface area contributed by atoms with Crippen molar-refractivity contribution in [3.63, 3.8) is 0 Å². The molecule has 0 saturated carbocycles. The molecule has 29 heavy (non-hydrogen) atoms. The first-order chi connectivity index (χ1) is 14.1. The fourth-order valence-electron chi connectivity index (χ4n) is 2.88. The molecule has 0 heterocycles. The highest BCUT2D eigenvalue weighted by Crippen LogP contribution is 2.29. The monoisotopic (exact) mass is 397 g/mol. The minimum atomic E-state index is -0.232. The van der Waals surface area contributed by atoms with Gasteiger partial charge in [-0.15, -0.1) is 0 Å². The summed E-state index contributed by atoms with van der Waals surface area (Å²) in [5.41, 5.74) is 2.54. The molecule has 0 radical (unpaired) electrons. The summed E-state index contributed by atoms with van der Waals surface area (Å²) in [7, 11) is 3.19. The molecule has 5 nitrogen and oxygen atoms in total. The molecule has 0 aliphatic heterocycles. The fourth-order valence-corrected chi connectivity index (χ4v) is 2.88. The van der Waals surface area contributed by atoms with Gasteiger partial charge in [0.15, 0.2) is 11.5 Å². The van der Waals surface area contributed by atoms with Crippen molar-refractivity contribution < 1.29 is 19.0 Å². The van der Waals surface area contributed by atoms with Crippen molar-refractivity contribution in [2.75, 3.05) is 26.1 Å². The van der Waals surface area contributed by atoms with Crippen LogP contribution in [0, 0.1) is 6.92 Å². The Hall–Kier alpha value is -2.95. The Morgan fingerprint density at radius 3 is 2.45 bits per heavy atom. The quantitative estimate of drug-likeness (QED) is 0.395. The third kappa shape index (κ3) is 7.18. The van der Waals surface area contributed by atoms with E-state index in [0.29, 0.717) is 23.8 Å². The van der Waals surface area contributed by atoms with Gasteiger partial charge in [-0.25, -0.2) is 0 Å². The number of ether oxygens (including phenoxy) is 3. The van der Waals surface area contributed by atoms with E-state index in [1.807, 2.05) is 43.3 Å². The Kier molecular flexibility index (Phi) is 9.09. The number of benzene rings is 2. The summed E-state index contributed by atoms with van der Waals surface area (Å²) in [4.78, 5) is 12.3. The lowest BCUT2D eigenvalue weighted by Crippen LogP contribution is -2.09. The number of carbonyl (C=O) groups is 1. The molecule has 1 N–H and O–H groups in total. The van der Waals surface area contributed by atoms with Crippen LogP contribution in [-0.2, 0) is 4.79 Å². The van der Waals surface area contributed by atoms with Crippen LogP contribution in [0.15, 0.2) is 42.5 Å². The SMILES string of the molecule is CCCCCCOc1ccc(C=CC(=O)Nc2cc(C)ccc2OC)cc1OC. The van der Waals surface area contributed by atoms with Crippen molar-refractivity contribution in [1.29, 1.82) is 0 Å². The predicted molar refractivity (Wildman–Crippen MR) is 118 cm³/mol. The van der Waals surface area contributed by atoms with Gasteiger partial charge in [0.25, 0.3) is 0 Å². The summed E-state index contributed by atoms with van der Waals surface area (Å²) >= 11 is 0. The number of nitrogens with one attached hydrogen (secondary N) is 1. The molecule has 0 spiro atoms. The smallest absolute Gasteiger partial charge is 0.248 e. The molecule has 2 aromatic carbocycles. The average Bonchev–Trinajstić information content (AvgIpc) is 2.72. The van der Waals surface area contributed by atoms with Gasteiger partial charge in [-0.2, -0.15) is 0 Å². The molecule has 1 amide bonds. The molecule has 0 aliphatic carbocycles. The van der Waals surface area contributed by atoms with E-state index in [0.717, 1.165) is 23.3 Å². The molecule has 0 saturated heterocycles. The predicted octanol–water partition coefficient (Wildman–Crippen LogP) is 5.62. The van der Waals surface area contributed by atoms with Crippen LogP contribution in [0.25, 0.3) is 6.08 Å². The van der Waals surface area contributed by atoms with Crippen molar-refractivity contribution >= 4 is 17.7 Å². The number of hydrogen-bond donors (Lipinski definition) is 1. The zero-order chi connectivity index (χ0) is 21.1. The highest BCUT2D eigenvalue weighted by atomic mass is 16.5. The second-order valence-corrected chi connectivity index (χ2v) is 6.85. The Morgan fingerprint density at radius 1 is 0.966 bits per heavy atom. The minimum Gasteiger partial charge on any atom is -0.495 e. The van der Waals surface area contributed by atoms with Gasteiger partial charge in [0, 0.05) is 6.08 Å². The molecule has 5 heteroatoms. The minimum absolute atomic E-state index is 0.232. The molecule has 0 aromatic heterocycles. The van der Waals surface area contributed by atoms with Gasteiger partial charge < -0.3 is 19.5 Å². The summed E-state index contributed by atoms with van der Waals surface area (Å²) in [6, 6.07) is 11.3. The van der Waals surface area contributed by atoms with E-state index in [-0.39, 0.29) is 5.91 Å². The van der Waals surface area contributed by atoms with E-state index in [4.69, 9.17) is 14.2 Å². The number of unbranched alkanes of at least 4 members (excludes halogenated alkanes) is 3. The third-order valence-electron chi connectivity index (χ3n) is 4.48. The second-order valence-electron chi connectivity index (χ2n) is 6.85. The van der Waals surface area contributed by atoms with E-state index >= 15 is 0 Å². The largest absolute Gasteiger partial charge is 0.495 e. The van der Waals surface area contributed by atoms with Crippen molar-refractivity contribution in [1.82, 2.24) is 0 Å². The standard InChI is InChI=1S/C24H31NO4/c1-5-6-7-8-15-29-22-13-10-19(17-23(22)28-4)11-14-24(26)25-20-16-18(2)9-12-21(20)27-3/h9-14,16-17H,5-8,15H2,1-4H3,(H,25,26). The van der Waals surface area contributed by atoms with Crippen molar-refractivity contribution in [3.05, 3.63) is 53.6 Å². The summed E-state index contributed by atoms with van der Waals surface area (Å²) < 4.78 is 16.6. The van der Waals surface area contributed by atoms with Gasteiger partial charge in [-0.3, -0.25) is 4.79 Å². The Bertz CT molecular complexity index is 830. The van der Waals surface area contributed by atoms with Crippen LogP contribution in [0.2, 0.25) is 0 Å². The molecule has 0 bridgehead atoms.